The minimum Gasteiger partial charge on any atom is -0.0654 e. The molecule has 0 nitrogen and oxygen atoms in total. The molecule has 72 valence electrons. The Kier molecular flexibility index (Phi) is 8.79. The minimum absolute atomic E-state index is 1.13. The molecule has 0 radical (unpaired) electrons. The van der Waals surface area contributed by atoms with Crippen molar-refractivity contribution >= 4 is 31.9 Å². The van der Waals surface area contributed by atoms with Crippen molar-refractivity contribution in [3.8, 4) is 0 Å². The van der Waals surface area contributed by atoms with Gasteiger partial charge in [-0.2, -0.15) is 0 Å². The van der Waals surface area contributed by atoms with Gasteiger partial charge < -0.3 is 0 Å². The van der Waals surface area contributed by atoms with Crippen LogP contribution in [0.4, 0.5) is 0 Å². The van der Waals surface area contributed by atoms with Crippen molar-refractivity contribution in [2.75, 3.05) is 0 Å². The van der Waals surface area contributed by atoms with E-state index in [0.29, 0.717) is 0 Å². The monoisotopic (exact) mass is 296 g/mol. The molecule has 0 saturated carbocycles. The molecule has 2 heteroatoms. The smallest absolute Gasteiger partial charge is 0.0593 e. The lowest BCUT2D eigenvalue weighted by Crippen LogP contribution is -1.80. The van der Waals surface area contributed by atoms with Crippen LogP contribution in [0.5, 0.6) is 0 Å². The van der Waals surface area contributed by atoms with Crippen LogP contribution in [-0.4, -0.2) is 0 Å². The second kappa shape index (κ2) is 8.31. The van der Waals surface area contributed by atoms with Crippen molar-refractivity contribution in [2.45, 2.75) is 52.4 Å². The van der Waals surface area contributed by atoms with Crippen LogP contribution in [0.3, 0.4) is 0 Å². The Morgan fingerprint density at radius 2 is 1.58 bits per heavy atom. The second-order valence-corrected chi connectivity index (χ2v) is 5.86. The summed E-state index contributed by atoms with van der Waals surface area (Å²) in [5.74, 6) is 0. The Morgan fingerprint density at radius 3 is 2.08 bits per heavy atom. The molecule has 0 bridgehead atoms. The molecule has 0 fully saturated rings. The van der Waals surface area contributed by atoms with Gasteiger partial charge in [0.1, 0.15) is 0 Å². The molecule has 0 aromatic carbocycles. The molecule has 0 amide bonds. The van der Waals surface area contributed by atoms with Crippen LogP contribution in [-0.2, 0) is 0 Å². The highest BCUT2D eigenvalue weighted by Crippen LogP contribution is 2.22. The summed E-state index contributed by atoms with van der Waals surface area (Å²) in [6.45, 7) is 4.42. The summed E-state index contributed by atoms with van der Waals surface area (Å²) in [6.07, 6.45) is 8.03. The zero-order valence-corrected chi connectivity index (χ0v) is 11.2. The van der Waals surface area contributed by atoms with Gasteiger partial charge in [0.25, 0.3) is 0 Å². The summed E-state index contributed by atoms with van der Waals surface area (Å²) in [5, 5.41) is 0. The van der Waals surface area contributed by atoms with E-state index in [2.05, 4.69) is 45.7 Å². The van der Waals surface area contributed by atoms with Gasteiger partial charge >= 0.3 is 0 Å². The number of hydrogen-bond donors (Lipinski definition) is 0. The molecule has 0 aliphatic carbocycles. The van der Waals surface area contributed by atoms with Gasteiger partial charge in [-0.1, -0.05) is 38.2 Å². The van der Waals surface area contributed by atoms with Crippen molar-refractivity contribution in [2.24, 2.45) is 0 Å². The van der Waals surface area contributed by atoms with E-state index in [1.807, 2.05) is 0 Å². The van der Waals surface area contributed by atoms with Gasteiger partial charge in [-0.15, -0.1) is 0 Å². The lowest BCUT2D eigenvalue weighted by molar-refractivity contribution is 0.631. The molecule has 0 aliphatic rings. The molecule has 0 aliphatic heterocycles. The van der Waals surface area contributed by atoms with Gasteiger partial charge in [0.05, 0.1) is 3.39 Å². The van der Waals surface area contributed by atoms with Crippen LogP contribution in [0, 0.1) is 0 Å². The highest BCUT2D eigenvalue weighted by Gasteiger charge is 1.95. The molecule has 0 heterocycles. The van der Waals surface area contributed by atoms with Gasteiger partial charge in [-0.25, -0.2) is 0 Å². The molecule has 0 unspecified atom stereocenters. The second-order valence-electron chi connectivity index (χ2n) is 3.20. The van der Waals surface area contributed by atoms with Crippen molar-refractivity contribution in [1.82, 2.24) is 0 Å². The van der Waals surface area contributed by atoms with Crippen LogP contribution in [0.25, 0.3) is 0 Å². The van der Waals surface area contributed by atoms with Gasteiger partial charge in [-0.05, 0) is 51.6 Å². The average Bonchev–Trinajstić information content (AvgIpc) is 2.03. The van der Waals surface area contributed by atoms with Crippen molar-refractivity contribution in [3.05, 3.63) is 8.96 Å². The van der Waals surface area contributed by atoms with E-state index in [1.165, 1.54) is 44.1 Å². The highest BCUT2D eigenvalue weighted by atomic mass is 79.9. The van der Waals surface area contributed by atoms with Crippen LogP contribution in [0.1, 0.15) is 52.4 Å². The standard InChI is InChI=1S/C10H18Br2/c1-3-4-5-6-7-8-9(2)10(11)12/h3-8H2,1-2H3. The molecular weight excluding hydrogens is 280 g/mol. The maximum absolute atomic E-state index is 3.42. The molecule has 0 aromatic rings. The summed E-state index contributed by atoms with van der Waals surface area (Å²) >= 11 is 6.84. The lowest BCUT2D eigenvalue weighted by Gasteiger charge is -2.01. The Balaban J connectivity index is 3.26. The summed E-state index contributed by atoms with van der Waals surface area (Å²) < 4.78 is 1.13. The molecule has 0 saturated heterocycles. The van der Waals surface area contributed by atoms with Gasteiger partial charge in [-0.3, -0.25) is 0 Å². The van der Waals surface area contributed by atoms with E-state index < -0.39 is 0 Å². The van der Waals surface area contributed by atoms with Crippen molar-refractivity contribution in [1.29, 1.82) is 0 Å². The Labute approximate surface area is 93.1 Å². The quantitative estimate of drug-likeness (QED) is 0.578. The van der Waals surface area contributed by atoms with E-state index >= 15 is 0 Å². The Morgan fingerprint density at radius 1 is 1.00 bits per heavy atom. The van der Waals surface area contributed by atoms with Crippen LogP contribution >= 0.6 is 31.9 Å². The predicted molar refractivity (Wildman–Crippen MR) is 63.9 cm³/mol. The fraction of sp³-hybridized carbons (Fsp3) is 0.800. The summed E-state index contributed by atoms with van der Waals surface area (Å²) in [5.41, 5.74) is 1.42. The Hall–Kier alpha value is 0.700. The largest absolute Gasteiger partial charge is 0.0654 e. The van der Waals surface area contributed by atoms with Gasteiger partial charge in [0, 0.05) is 0 Å². The fourth-order valence-electron chi connectivity index (χ4n) is 1.09. The van der Waals surface area contributed by atoms with E-state index in [4.69, 9.17) is 0 Å². The molecule has 0 rings (SSSR count). The third-order valence-electron chi connectivity index (χ3n) is 1.98. The lowest BCUT2D eigenvalue weighted by atomic mass is 10.1. The minimum atomic E-state index is 1.13. The molecule has 12 heavy (non-hydrogen) atoms. The average molecular weight is 298 g/mol. The third-order valence-corrected chi connectivity index (χ3v) is 3.33. The predicted octanol–water partition coefficient (Wildman–Crippen LogP) is 5.37. The number of halogens is 2. The number of hydrogen-bond acceptors (Lipinski definition) is 0. The highest BCUT2D eigenvalue weighted by molar-refractivity contribution is 9.28. The first-order valence-electron chi connectivity index (χ1n) is 4.69. The fourth-order valence-corrected chi connectivity index (χ4v) is 1.48. The van der Waals surface area contributed by atoms with Crippen LogP contribution < -0.4 is 0 Å². The molecular formula is C10H18Br2. The molecule has 0 aromatic heterocycles. The third kappa shape index (κ3) is 7.35. The zero-order chi connectivity index (χ0) is 9.40. The summed E-state index contributed by atoms with van der Waals surface area (Å²) in [4.78, 5) is 0. The SMILES string of the molecule is CCCCCCCC(C)=C(Br)Br. The number of unbranched alkanes of at least 4 members (excludes halogenated alkanes) is 4. The topological polar surface area (TPSA) is 0 Å². The number of allylic oxidation sites excluding steroid dienone is 1. The normalized spacial score (nSPS) is 10.0. The maximum atomic E-state index is 3.42. The first kappa shape index (κ1) is 12.7. The Bertz CT molecular complexity index is 135. The van der Waals surface area contributed by atoms with Crippen molar-refractivity contribution in [3.63, 3.8) is 0 Å². The molecule has 0 N–H and O–H groups in total. The van der Waals surface area contributed by atoms with E-state index in [-0.39, 0.29) is 0 Å². The van der Waals surface area contributed by atoms with Gasteiger partial charge in [0.2, 0.25) is 0 Å². The van der Waals surface area contributed by atoms with E-state index in [1.54, 1.807) is 0 Å². The first-order valence-corrected chi connectivity index (χ1v) is 6.27. The maximum Gasteiger partial charge on any atom is 0.0593 e. The van der Waals surface area contributed by atoms with E-state index in [0.717, 1.165) is 3.39 Å². The van der Waals surface area contributed by atoms with Crippen LogP contribution in [0.15, 0.2) is 8.96 Å². The zero-order valence-electron chi connectivity index (χ0n) is 8.00. The summed E-state index contributed by atoms with van der Waals surface area (Å²) in [6, 6.07) is 0. The molecule has 0 atom stereocenters. The van der Waals surface area contributed by atoms with Gasteiger partial charge in [0.15, 0.2) is 0 Å². The number of rotatable bonds is 6. The van der Waals surface area contributed by atoms with E-state index in [9.17, 15) is 0 Å². The summed E-state index contributed by atoms with van der Waals surface area (Å²) in [7, 11) is 0. The van der Waals surface area contributed by atoms with Crippen LogP contribution in [0.2, 0.25) is 0 Å². The molecule has 0 spiro atoms. The van der Waals surface area contributed by atoms with Crippen molar-refractivity contribution < 1.29 is 0 Å². The first-order chi connectivity index (χ1) is 5.68.